The summed E-state index contributed by atoms with van der Waals surface area (Å²) < 4.78 is 6.32. The third-order valence-corrected chi connectivity index (χ3v) is 8.72. The van der Waals surface area contributed by atoms with Crippen LogP contribution in [0.4, 0.5) is 11.4 Å². The van der Waals surface area contributed by atoms with Gasteiger partial charge in [-0.3, -0.25) is 0 Å². The van der Waals surface area contributed by atoms with E-state index in [1.165, 1.54) is 0 Å². The fourth-order valence-electron chi connectivity index (χ4n) is 5.99. The average molecular weight is 640 g/mol. The first-order chi connectivity index (χ1) is 20.8. The van der Waals surface area contributed by atoms with Gasteiger partial charge >= 0.3 is 5.97 Å². The molecule has 8 nitrogen and oxygen atoms in total. The van der Waals surface area contributed by atoms with Crippen molar-refractivity contribution in [1.82, 2.24) is 0 Å². The lowest BCUT2D eigenvalue weighted by atomic mass is 9.72. The molecule has 0 bridgehead atoms. The summed E-state index contributed by atoms with van der Waals surface area (Å²) in [6, 6.07) is 33.4. The minimum atomic E-state index is -0.980. The second-order valence-corrected chi connectivity index (χ2v) is 11.5. The van der Waals surface area contributed by atoms with Crippen LogP contribution in [0.15, 0.2) is 124 Å². The number of esters is 1. The second kappa shape index (κ2) is 12.1. The number of ether oxygens (including phenoxy) is 1. The molecule has 2 heterocycles. The van der Waals surface area contributed by atoms with Crippen molar-refractivity contribution in [1.29, 1.82) is 0 Å². The van der Waals surface area contributed by atoms with Gasteiger partial charge in [0.1, 0.15) is 5.75 Å². The molecule has 1 unspecified atom stereocenters. The van der Waals surface area contributed by atoms with Crippen molar-refractivity contribution < 1.29 is 19.7 Å². The minimum absolute atomic E-state index is 0.384. The number of benzene rings is 4. The zero-order chi connectivity index (χ0) is 30.1. The molecule has 0 aliphatic carbocycles. The third-order valence-electron chi connectivity index (χ3n) is 8.02. The van der Waals surface area contributed by atoms with Crippen LogP contribution in [0.3, 0.4) is 0 Å². The lowest BCUT2D eigenvalue weighted by Gasteiger charge is -2.35. The quantitative estimate of drug-likeness (QED) is 0.179. The van der Waals surface area contributed by atoms with Gasteiger partial charge < -0.3 is 14.9 Å². The summed E-state index contributed by atoms with van der Waals surface area (Å²) in [7, 11) is 0. The van der Waals surface area contributed by atoms with E-state index in [0.717, 1.165) is 28.4 Å². The Morgan fingerprint density at radius 2 is 1.19 bits per heavy atom. The van der Waals surface area contributed by atoms with Crippen LogP contribution in [0, 0.1) is 11.8 Å². The highest BCUT2D eigenvalue weighted by Gasteiger charge is 2.49. The van der Waals surface area contributed by atoms with E-state index in [9.17, 15) is 15.0 Å². The van der Waals surface area contributed by atoms with Gasteiger partial charge in [0.25, 0.3) is 0 Å². The predicted molar refractivity (Wildman–Crippen MR) is 171 cm³/mol. The molecule has 218 valence electrons. The van der Waals surface area contributed by atoms with Crippen molar-refractivity contribution in [2.75, 3.05) is 10.0 Å². The molecule has 2 aliphatic rings. The maximum Gasteiger partial charge on any atom is 0.344 e. The van der Waals surface area contributed by atoms with Crippen LogP contribution in [0.5, 0.6) is 5.75 Å². The number of aliphatic hydroxyl groups excluding tert-OH is 2. The summed E-state index contributed by atoms with van der Waals surface area (Å²) in [5.74, 6) is -1.43. The van der Waals surface area contributed by atoms with E-state index in [-0.39, 0.29) is 0 Å². The number of carbonyl (C=O) groups is 1. The summed E-state index contributed by atoms with van der Waals surface area (Å²) >= 11 is 3.40. The molecule has 0 saturated heterocycles. The van der Waals surface area contributed by atoms with Gasteiger partial charge in [0, 0.05) is 21.8 Å². The molecule has 9 heteroatoms. The van der Waals surface area contributed by atoms with Gasteiger partial charge in [-0.15, -0.1) is 0 Å². The molecule has 0 radical (unpaired) electrons. The molecule has 5 atom stereocenters. The van der Waals surface area contributed by atoms with Gasteiger partial charge in [0.15, 0.2) is 12.5 Å². The molecule has 4 aromatic rings. The Bertz CT molecular complexity index is 1590. The number of halogens is 1. The van der Waals surface area contributed by atoms with Crippen molar-refractivity contribution in [3.05, 3.63) is 125 Å². The molecule has 0 aromatic heterocycles. The molecule has 2 aliphatic heterocycles. The summed E-state index contributed by atoms with van der Waals surface area (Å²) in [5.41, 5.74) is 4.30. The number of hydrazone groups is 2. The summed E-state index contributed by atoms with van der Waals surface area (Å²) in [5, 5.41) is 36.3. The van der Waals surface area contributed by atoms with Gasteiger partial charge in [0.05, 0.1) is 28.8 Å². The molecule has 0 fully saturated rings. The summed E-state index contributed by atoms with van der Waals surface area (Å²) in [4.78, 5) is 12.8. The third kappa shape index (κ3) is 5.59. The Balaban J connectivity index is 1.35. The maximum absolute atomic E-state index is 12.8. The van der Waals surface area contributed by atoms with E-state index in [1.807, 2.05) is 92.7 Å². The van der Waals surface area contributed by atoms with Gasteiger partial charge in [-0.1, -0.05) is 60.7 Å². The highest BCUT2D eigenvalue weighted by molar-refractivity contribution is 9.10. The van der Waals surface area contributed by atoms with E-state index in [2.05, 4.69) is 15.9 Å². The van der Waals surface area contributed by atoms with E-state index in [1.54, 1.807) is 40.3 Å². The number of nitrogens with zero attached hydrogens (tertiary/aromatic N) is 4. The first kappa shape index (κ1) is 28.8. The standard InChI is InChI=1S/C34H31BrN4O4/c1-21-29(32(40)38(36-21)24-11-5-3-6-12-24)31(30-22(2)37-39(33(30)41)25-13-7-4-8-14-25)23-17-19-26(20-18-23)43-34(42)27-15-9-10-16-28(27)35/h3-20,29-33,40-41H,1-2H3/t29-,30+,31?,32+,33-. The van der Waals surface area contributed by atoms with Crippen LogP contribution < -0.4 is 14.8 Å². The van der Waals surface area contributed by atoms with Crippen LogP contribution in [0.1, 0.15) is 35.7 Å². The number of hydrogen-bond donors (Lipinski definition) is 2. The van der Waals surface area contributed by atoms with Crippen LogP contribution in [-0.4, -0.2) is 40.1 Å². The van der Waals surface area contributed by atoms with Gasteiger partial charge in [-0.2, -0.15) is 10.2 Å². The highest BCUT2D eigenvalue weighted by atomic mass is 79.9. The average Bonchev–Trinajstić information content (AvgIpc) is 3.49. The Labute approximate surface area is 258 Å². The fourth-order valence-corrected chi connectivity index (χ4v) is 6.43. The number of aliphatic hydroxyl groups is 2. The molecule has 0 spiro atoms. The minimum Gasteiger partial charge on any atom is -0.423 e. The van der Waals surface area contributed by atoms with Gasteiger partial charge in [-0.05, 0) is 83.9 Å². The van der Waals surface area contributed by atoms with Gasteiger partial charge in [-0.25, -0.2) is 14.8 Å². The lowest BCUT2D eigenvalue weighted by molar-refractivity contribution is 0.0733. The Kier molecular flexibility index (Phi) is 8.12. The fraction of sp³-hybridized carbons (Fsp3) is 0.206. The number of rotatable bonds is 7. The van der Waals surface area contributed by atoms with Crippen LogP contribution >= 0.6 is 15.9 Å². The largest absolute Gasteiger partial charge is 0.423 e. The summed E-state index contributed by atoms with van der Waals surface area (Å²) in [6.07, 6.45) is -1.96. The second-order valence-electron chi connectivity index (χ2n) is 10.7. The SMILES string of the molecule is CC1=NN(c2ccccc2)[C@@H](O)[C@H]1C(c1ccc(OC(=O)c2ccccc2Br)cc1)[C@@H]1C(C)=NN(c2ccccc2)[C@@H]1O. The maximum atomic E-state index is 12.8. The number of para-hydroxylation sites is 2. The molecule has 43 heavy (non-hydrogen) atoms. The molecule has 0 amide bonds. The number of carbonyl (C=O) groups excluding carboxylic acids is 1. The van der Waals surface area contributed by atoms with E-state index in [0.29, 0.717) is 15.8 Å². The van der Waals surface area contributed by atoms with Crippen LogP contribution in [0.25, 0.3) is 0 Å². The first-order valence-electron chi connectivity index (χ1n) is 14.0. The molecule has 2 N–H and O–H groups in total. The van der Waals surface area contributed by atoms with Gasteiger partial charge in [0.2, 0.25) is 0 Å². The van der Waals surface area contributed by atoms with Crippen LogP contribution in [0.2, 0.25) is 0 Å². The monoisotopic (exact) mass is 638 g/mol. The van der Waals surface area contributed by atoms with Crippen molar-refractivity contribution in [2.45, 2.75) is 32.2 Å². The first-order valence-corrected chi connectivity index (χ1v) is 14.8. The normalized spacial score (nSPS) is 22.3. The van der Waals surface area contributed by atoms with Crippen molar-refractivity contribution in [2.24, 2.45) is 22.0 Å². The van der Waals surface area contributed by atoms with Crippen molar-refractivity contribution in [3.63, 3.8) is 0 Å². The number of hydrogen-bond acceptors (Lipinski definition) is 8. The predicted octanol–water partition coefficient (Wildman–Crippen LogP) is 6.41. The Morgan fingerprint density at radius 1 is 0.721 bits per heavy atom. The van der Waals surface area contributed by atoms with Crippen molar-refractivity contribution >= 4 is 44.7 Å². The Hall–Kier alpha value is -4.31. The Morgan fingerprint density at radius 3 is 1.67 bits per heavy atom. The topological polar surface area (TPSA) is 98.0 Å². The highest BCUT2D eigenvalue weighted by Crippen LogP contribution is 2.45. The number of anilines is 2. The van der Waals surface area contributed by atoms with E-state index >= 15 is 0 Å². The molecule has 4 aromatic carbocycles. The molecular weight excluding hydrogens is 608 g/mol. The van der Waals surface area contributed by atoms with Crippen molar-refractivity contribution in [3.8, 4) is 5.75 Å². The lowest BCUT2D eigenvalue weighted by Crippen LogP contribution is -2.44. The molecular formula is C34H31BrN4O4. The van der Waals surface area contributed by atoms with Crippen LogP contribution in [-0.2, 0) is 0 Å². The molecule has 0 saturated carbocycles. The zero-order valence-corrected chi connectivity index (χ0v) is 25.2. The molecule has 6 rings (SSSR count). The van der Waals surface area contributed by atoms with E-state index < -0.39 is 36.2 Å². The summed E-state index contributed by atoms with van der Waals surface area (Å²) in [6.45, 7) is 3.81. The smallest absolute Gasteiger partial charge is 0.344 e. The zero-order valence-electron chi connectivity index (χ0n) is 23.7. The van der Waals surface area contributed by atoms with E-state index in [4.69, 9.17) is 14.9 Å².